The molecule has 3 nitrogen and oxygen atoms in total. The van der Waals surface area contributed by atoms with Crippen LogP contribution in [0.15, 0.2) is 45.7 Å². The van der Waals surface area contributed by atoms with Crippen LogP contribution in [-0.2, 0) is 9.84 Å². The highest BCUT2D eigenvalue weighted by Gasteiger charge is 2.20. The number of hydrogen-bond acceptors (Lipinski definition) is 3. The van der Waals surface area contributed by atoms with Crippen molar-refractivity contribution in [2.24, 2.45) is 0 Å². The lowest BCUT2D eigenvalue weighted by atomic mass is 10.3. The summed E-state index contributed by atoms with van der Waals surface area (Å²) in [5.74, 6) is 0. The van der Waals surface area contributed by atoms with Gasteiger partial charge in [-0.05, 0) is 26.0 Å². The van der Waals surface area contributed by atoms with Crippen molar-refractivity contribution in [3.05, 3.63) is 40.8 Å². The fourth-order valence-electron chi connectivity index (χ4n) is 1.25. The van der Waals surface area contributed by atoms with Gasteiger partial charge in [-0.2, -0.15) is 0 Å². The van der Waals surface area contributed by atoms with Gasteiger partial charge < -0.3 is 5.11 Å². The number of allylic oxidation sites excluding steroid dienone is 1. The summed E-state index contributed by atoms with van der Waals surface area (Å²) in [6.07, 6.45) is 0. The van der Waals surface area contributed by atoms with Crippen molar-refractivity contribution in [3.8, 4) is 0 Å². The van der Waals surface area contributed by atoms with Gasteiger partial charge in [-0.3, -0.25) is 0 Å². The summed E-state index contributed by atoms with van der Waals surface area (Å²) in [6, 6.07) is 8.11. The number of hydrogen-bond donors (Lipinski definition) is 1. The van der Waals surface area contributed by atoms with E-state index in [-0.39, 0.29) is 9.80 Å². The molecule has 0 saturated carbocycles. The fraction of sp³-hybridized carbons (Fsp3) is 0.273. The summed E-state index contributed by atoms with van der Waals surface area (Å²) in [7, 11) is -3.52. The molecule has 0 fully saturated rings. The van der Waals surface area contributed by atoms with Crippen molar-refractivity contribution in [1.82, 2.24) is 0 Å². The van der Waals surface area contributed by atoms with Crippen LogP contribution in [0.25, 0.3) is 0 Å². The molecule has 4 heteroatoms. The third-order valence-corrected chi connectivity index (χ3v) is 4.16. The van der Waals surface area contributed by atoms with E-state index in [1.54, 1.807) is 32.0 Å². The van der Waals surface area contributed by atoms with Crippen LogP contribution < -0.4 is 0 Å². The summed E-state index contributed by atoms with van der Waals surface area (Å²) in [4.78, 5) is 0.295. The predicted octanol–water partition coefficient (Wildman–Crippen LogP) is 1.75. The lowest BCUT2D eigenvalue weighted by Gasteiger charge is -2.08. The average molecular weight is 226 g/mol. The van der Waals surface area contributed by atoms with Gasteiger partial charge in [-0.25, -0.2) is 8.42 Å². The van der Waals surface area contributed by atoms with Gasteiger partial charge in [0.15, 0.2) is 0 Å². The molecule has 1 aromatic rings. The van der Waals surface area contributed by atoms with Gasteiger partial charge in [0, 0.05) is 0 Å². The molecule has 0 aliphatic rings. The first-order valence-corrected chi connectivity index (χ1v) is 6.06. The van der Waals surface area contributed by atoms with Gasteiger partial charge in [0.1, 0.15) is 0 Å². The molecule has 0 saturated heterocycles. The molecule has 0 heterocycles. The summed E-state index contributed by atoms with van der Waals surface area (Å²) in [5.41, 5.74) is 0.612. The van der Waals surface area contributed by atoms with E-state index < -0.39 is 16.4 Å². The first-order valence-electron chi connectivity index (χ1n) is 4.57. The van der Waals surface area contributed by atoms with Crippen molar-refractivity contribution in [1.29, 1.82) is 0 Å². The lowest BCUT2D eigenvalue weighted by molar-refractivity contribution is 0.336. The Morgan fingerprint density at radius 3 is 2.13 bits per heavy atom. The van der Waals surface area contributed by atoms with Crippen LogP contribution in [0.5, 0.6) is 0 Å². The van der Waals surface area contributed by atoms with E-state index >= 15 is 0 Å². The maximum absolute atomic E-state index is 12.0. The van der Waals surface area contributed by atoms with Gasteiger partial charge in [0.2, 0.25) is 9.84 Å². The second-order valence-electron chi connectivity index (χ2n) is 3.40. The maximum atomic E-state index is 12.0. The minimum atomic E-state index is -3.52. The topological polar surface area (TPSA) is 54.4 Å². The van der Waals surface area contributed by atoms with Gasteiger partial charge in [0.25, 0.3) is 0 Å². The van der Waals surface area contributed by atoms with Crippen LogP contribution >= 0.6 is 0 Å². The summed E-state index contributed by atoms with van der Waals surface area (Å²) in [5, 5.41) is 9.06. The molecule has 0 spiro atoms. The zero-order chi connectivity index (χ0) is 11.5. The second kappa shape index (κ2) is 4.59. The Kier molecular flexibility index (Phi) is 3.66. The minimum absolute atomic E-state index is 0.0775. The smallest absolute Gasteiger partial charge is 0.204 e. The fourth-order valence-corrected chi connectivity index (χ4v) is 2.76. The molecule has 1 N–H and O–H groups in total. The van der Waals surface area contributed by atoms with Crippen molar-refractivity contribution >= 4 is 9.84 Å². The number of rotatable bonds is 3. The average Bonchev–Trinajstić information content (AvgIpc) is 2.19. The molecular formula is C11H14O3S. The van der Waals surface area contributed by atoms with Crippen LogP contribution in [0, 0.1) is 0 Å². The molecule has 0 aliphatic carbocycles. The first kappa shape index (κ1) is 11.9. The van der Waals surface area contributed by atoms with Crippen LogP contribution in [0.4, 0.5) is 0 Å². The quantitative estimate of drug-likeness (QED) is 0.854. The Hall–Kier alpha value is -1.13. The Morgan fingerprint density at radius 1 is 1.20 bits per heavy atom. The molecular weight excluding hydrogens is 212 g/mol. The Labute approximate surface area is 90.0 Å². The predicted molar refractivity (Wildman–Crippen MR) is 59.1 cm³/mol. The van der Waals surface area contributed by atoms with E-state index in [1.165, 1.54) is 12.1 Å². The van der Waals surface area contributed by atoms with E-state index in [0.717, 1.165) is 0 Å². The molecule has 0 unspecified atom stereocenters. The van der Waals surface area contributed by atoms with Crippen molar-refractivity contribution in [2.45, 2.75) is 18.7 Å². The van der Waals surface area contributed by atoms with Gasteiger partial charge >= 0.3 is 0 Å². The van der Waals surface area contributed by atoms with E-state index in [2.05, 4.69) is 0 Å². The zero-order valence-corrected chi connectivity index (χ0v) is 9.58. The normalized spacial score (nSPS) is 11.1. The number of aliphatic hydroxyl groups is 1. The van der Waals surface area contributed by atoms with E-state index in [1.807, 2.05) is 0 Å². The SMILES string of the molecule is CC(C)=C(CO)S(=O)(=O)c1ccccc1. The highest BCUT2D eigenvalue weighted by atomic mass is 32.2. The highest BCUT2D eigenvalue weighted by Crippen LogP contribution is 2.20. The van der Waals surface area contributed by atoms with Gasteiger partial charge in [-0.1, -0.05) is 23.8 Å². The summed E-state index contributed by atoms with van der Waals surface area (Å²) < 4.78 is 24.0. The standard InChI is InChI=1S/C11H14O3S/c1-9(2)11(8-12)15(13,14)10-6-4-3-5-7-10/h3-7,12H,8H2,1-2H3. The third-order valence-electron chi connectivity index (χ3n) is 2.08. The van der Waals surface area contributed by atoms with Crippen LogP contribution in [0.2, 0.25) is 0 Å². The molecule has 0 aromatic heterocycles. The molecule has 82 valence electrons. The van der Waals surface area contributed by atoms with Crippen molar-refractivity contribution < 1.29 is 13.5 Å². The van der Waals surface area contributed by atoms with Crippen LogP contribution in [0.3, 0.4) is 0 Å². The number of sulfone groups is 1. The minimum Gasteiger partial charge on any atom is -0.391 e. The van der Waals surface area contributed by atoms with Gasteiger partial charge in [-0.15, -0.1) is 0 Å². The lowest BCUT2D eigenvalue weighted by Crippen LogP contribution is -2.09. The summed E-state index contributed by atoms with van der Waals surface area (Å²) >= 11 is 0. The molecule has 15 heavy (non-hydrogen) atoms. The molecule has 1 aromatic carbocycles. The monoisotopic (exact) mass is 226 g/mol. The number of benzene rings is 1. The molecule has 0 atom stereocenters. The molecule has 0 aliphatic heterocycles. The van der Waals surface area contributed by atoms with E-state index in [0.29, 0.717) is 5.57 Å². The second-order valence-corrected chi connectivity index (χ2v) is 5.37. The Morgan fingerprint density at radius 2 is 1.73 bits per heavy atom. The number of aliphatic hydroxyl groups excluding tert-OH is 1. The maximum Gasteiger partial charge on any atom is 0.204 e. The van der Waals surface area contributed by atoms with E-state index in [9.17, 15) is 8.42 Å². The molecule has 0 radical (unpaired) electrons. The largest absolute Gasteiger partial charge is 0.391 e. The first-order chi connectivity index (χ1) is 7.00. The Balaban J connectivity index is 3.32. The van der Waals surface area contributed by atoms with Crippen molar-refractivity contribution in [2.75, 3.05) is 6.61 Å². The zero-order valence-electron chi connectivity index (χ0n) is 8.77. The summed E-state index contributed by atoms with van der Waals surface area (Å²) in [6.45, 7) is 2.89. The Bertz CT molecular complexity index is 454. The van der Waals surface area contributed by atoms with Crippen LogP contribution in [0.1, 0.15) is 13.8 Å². The van der Waals surface area contributed by atoms with E-state index in [4.69, 9.17) is 5.11 Å². The molecule has 0 bridgehead atoms. The highest BCUT2D eigenvalue weighted by molar-refractivity contribution is 7.95. The molecule has 1 rings (SSSR count). The van der Waals surface area contributed by atoms with Gasteiger partial charge in [0.05, 0.1) is 16.4 Å². The van der Waals surface area contributed by atoms with Crippen LogP contribution in [-0.4, -0.2) is 20.1 Å². The van der Waals surface area contributed by atoms with Crippen molar-refractivity contribution in [3.63, 3.8) is 0 Å². The molecule has 0 amide bonds. The third kappa shape index (κ3) is 2.46.